The molecule has 0 radical (unpaired) electrons. The van der Waals surface area contributed by atoms with Crippen LogP contribution in [0.4, 0.5) is 13.2 Å². The number of aldehydes is 1. The van der Waals surface area contributed by atoms with Gasteiger partial charge in [0.05, 0.1) is 18.1 Å². The molecular weight excluding hydrogens is 281 g/mol. The van der Waals surface area contributed by atoms with Crippen LogP contribution in [0, 0.1) is 0 Å². The molecule has 0 bridgehead atoms. The molecule has 0 aliphatic heterocycles. The van der Waals surface area contributed by atoms with Gasteiger partial charge in [-0.1, -0.05) is 0 Å². The van der Waals surface area contributed by atoms with Gasteiger partial charge in [0.15, 0.2) is 23.0 Å². The third-order valence-corrected chi connectivity index (χ3v) is 2.60. The first-order chi connectivity index (χ1) is 9.29. The van der Waals surface area contributed by atoms with E-state index in [1.807, 2.05) is 0 Å². The second-order valence-electron chi connectivity index (χ2n) is 3.81. The molecule has 0 saturated heterocycles. The van der Waals surface area contributed by atoms with Crippen LogP contribution < -0.4 is 10.2 Å². The number of benzene rings is 1. The Morgan fingerprint density at radius 3 is 2.50 bits per heavy atom. The number of aromatic hydroxyl groups is 1. The first-order valence-corrected chi connectivity index (χ1v) is 5.19. The van der Waals surface area contributed by atoms with Gasteiger partial charge in [-0.25, -0.2) is 0 Å². The van der Waals surface area contributed by atoms with E-state index < -0.39 is 39.6 Å². The van der Waals surface area contributed by atoms with Crippen molar-refractivity contribution in [3.8, 4) is 11.5 Å². The number of phenols is 1. The summed E-state index contributed by atoms with van der Waals surface area (Å²) in [4.78, 5) is 22.6. The maximum absolute atomic E-state index is 12.6. The lowest BCUT2D eigenvalue weighted by atomic mass is 10.1. The molecule has 0 amide bonds. The zero-order valence-corrected chi connectivity index (χ0v) is 9.95. The van der Waals surface area contributed by atoms with Crippen molar-refractivity contribution in [1.29, 1.82) is 0 Å². The van der Waals surface area contributed by atoms with Crippen molar-refractivity contribution in [2.75, 3.05) is 7.11 Å². The molecule has 1 aromatic carbocycles. The van der Waals surface area contributed by atoms with Crippen LogP contribution in [0.2, 0.25) is 0 Å². The Hall–Kier alpha value is -2.51. The number of alkyl halides is 3. The van der Waals surface area contributed by atoms with E-state index in [0.717, 1.165) is 13.2 Å². The highest BCUT2D eigenvalue weighted by molar-refractivity contribution is 6.00. The molecule has 0 fully saturated rings. The Kier molecular flexibility index (Phi) is 3.16. The summed E-state index contributed by atoms with van der Waals surface area (Å²) in [5.74, 6) is -2.39. The van der Waals surface area contributed by atoms with Crippen molar-refractivity contribution in [3.05, 3.63) is 33.7 Å². The maximum Gasteiger partial charge on any atom is 0.449 e. The van der Waals surface area contributed by atoms with Crippen molar-refractivity contribution in [3.63, 3.8) is 0 Å². The smallest absolute Gasteiger partial charge is 0.449 e. The van der Waals surface area contributed by atoms with Crippen molar-refractivity contribution in [1.82, 2.24) is 0 Å². The lowest BCUT2D eigenvalue weighted by Gasteiger charge is -2.11. The third kappa shape index (κ3) is 2.09. The van der Waals surface area contributed by atoms with Crippen LogP contribution in [0.15, 0.2) is 21.3 Å². The van der Waals surface area contributed by atoms with E-state index in [1.54, 1.807) is 0 Å². The van der Waals surface area contributed by atoms with Crippen LogP contribution >= 0.6 is 0 Å². The molecule has 0 spiro atoms. The Labute approximate surface area is 109 Å². The molecule has 2 rings (SSSR count). The van der Waals surface area contributed by atoms with Gasteiger partial charge in [-0.3, -0.25) is 9.59 Å². The molecule has 106 valence electrons. The Morgan fingerprint density at radius 2 is 2.00 bits per heavy atom. The van der Waals surface area contributed by atoms with E-state index in [4.69, 9.17) is 4.74 Å². The second-order valence-corrected chi connectivity index (χ2v) is 3.81. The van der Waals surface area contributed by atoms with Crippen molar-refractivity contribution in [2.45, 2.75) is 6.18 Å². The van der Waals surface area contributed by atoms with Crippen LogP contribution in [-0.4, -0.2) is 18.5 Å². The number of methoxy groups -OCH3 is 1. The van der Waals surface area contributed by atoms with Crippen molar-refractivity contribution < 1.29 is 32.2 Å². The maximum atomic E-state index is 12.6. The molecule has 1 aromatic heterocycles. The zero-order valence-electron chi connectivity index (χ0n) is 9.95. The molecule has 8 heteroatoms. The molecule has 20 heavy (non-hydrogen) atoms. The monoisotopic (exact) mass is 288 g/mol. The van der Waals surface area contributed by atoms with Crippen LogP contribution in [0.25, 0.3) is 11.0 Å². The van der Waals surface area contributed by atoms with Crippen molar-refractivity contribution in [2.24, 2.45) is 0 Å². The summed E-state index contributed by atoms with van der Waals surface area (Å²) < 4.78 is 47.2. The molecule has 0 unspecified atom stereocenters. The number of fused-ring (bicyclic) bond motifs is 1. The van der Waals surface area contributed by atoms with E-state index >= 15 is 0 Å². The summed E-state index contributed by atoms with van der Waals surface area (Å²) in [6.45, 7) is 0. The number of carbonyl (C=O) groups is 1. The number of carbonyl (C=O) groups excluding carboxylic acids is 1. The molecule has 1 heterocycles. The number of rotatable bonds is 2. The summed E-state index contributed by atoms with van der Waals surface area (Å²) in [5, 5.41) is 9.09. The number of hydrogen-bond donors (Lipinski definition) is 1. The molecule has 5 nitrogen and oxygen atoms in total. The first kappa shape index (κ1) is 13.9. The van der Waals surface area contributed by atoms with Gasteiger partial charge in [-0.15, -0.1) is 0 Å². The normalized spacial score (nSPS) is 11.6. The molecule has 1 N–H and O–H groups in total. The van der Waals surface area contributed by atoms with Crippen LogP contribution in [0.5, 0.6) is 11.5 Å². The Balaban J connectivity index is 3.00. The quantitative estimate of drug-likeness (QED) is 0.858. The van der Waals surface area contributed by atoms with E-state index in [0.29, 0.717) is 0 Å². The molecule has 2 aromatic rings. The minimum Gasteiger partial charge on any atom is -0.507 e. The minimum absolute atomic E-state index is 0.154. The fraction of sp³-hybridized carbons (Fsp3) is 0.167. The number of halogens is 3. The number of phenolic OH excluding ortho intramolecular Hbond substituents is 1. The third-order valence-electron chi connectivity index (χ3n) is 2.60. The average molecular weight is 288 g/mol. The molecule has 0 atom stereocenters. The highest BCUT2D eigenvalue weighted by Crippen LogP contribution is 2.36. The fourth-order valence-electron chi connectivity index (χ4n) is 1.73. The minimum atomic E-state index is -4.86. The summed E-state index contributed by atoms with van der Waals surface area (Å²) >= 11 is 0. The van der Waals surface area contributed by atoms with Crippen LogP contribution in [0.1, 0.15) is 16.1 Å². The average Bonchev–Trinajstić information content (AvgIpc) is 2.37. The standard InChI is InChI=1S/C12H7F3O5/c1-19-8-2-6(17)5(4-16)10-7(18)3-9(12(13,14)15)20-11(8)10/h2-4,17H,1H3. The summed E-state index contributed by atoms with van der Waals surface area (Å²) in [7, 11) is 1.12. The lowest BCUT2D eigenvalue weighted by Crippen LogP contribution is -2.12. The Morgan fingerprint density at radius 1 is 1.35 bits per heavy atom. The van der Waals surface area contributed by atoms with Gasteiger partial charge < -0.3 is 14.3 Å². The molecular formula is C12H7F3O5. The lowest BCUT2D eigenvalue weighted by molar-refractivity contribution is -0.152. The van der Waals surface area contributed by atoms with Crippen molar-refractivity contribution >= 4 is 17.3 Å². The second kappa shape index (κ2) is 4.55. The SMILES string of the molecule is COc1cc(O)c(C=O)c2c(=O)cc(C(F)(F)F)oc12. The highest BCUT2D eigenvalue weighted by atomic mass is 19.4. The Bertz CT molecular complexity index is 745. The highest BCUT2D eigenvalue weighted by Gasteiger charge is 2.35. The van der Waals surface area contributed by atoms with Gasteiger partial charge in [-0.2, -0.15) is 13.2 Å². The first-order valence-electron chi connectivity index (χ1n) is 5.19. The predicted molar refractivity (Wildman–Crippen MR) is 61.1 cm³/mol. The van der Waals surface area contributed by atoms with Gasteiger partial charge >= 0.3 is 6.18 Å². The van der Waals surface area contributed by atoms with Crippen LogP contribution in [0.3, 0.4) is 0 Å². The molecule has 0 aliphatic rings. The van der Waals surface area contributed by atoms with Gasteiger partial charge in [0.1, 0.15) is 5.75 Å². The van der Waals surface area contributed by atoms with Gasteiger partial charge in [0, 0.05) is 12.1 Å². The summed E-state index contributed by atoms with van der Waals surface area (Å²) in [6.07, 6.45) is -4.71. The molecule has 0 aliphatic carbocycles. The van der Waals surface area contributed by atoms with Gasteiger partial charge in [-0.05, 0) is 0 Å². The van der Waals surface area contributed by atoms with Crippen LogP contribution in [-0.2, 0) is 6.18 Å². The zero-order chi connectivity index (χ0) is 15.1. The van der Waals surface area contributed by atoms with E-state index in [2.05, 4.69) is 4.42 Å². The van der Waals surface area contributed by atoms with E-state index in [9.17, 15) is 27.9 Å². The largest absolute Gasteiger partial charge is 0.507 e. The molecule has 0 saturated carbocycles. The summed E-state index contributed by atoms with van der Waals surface area (Å²) in [6, 6.07) is 1.11. The predicted octanol–water partition coefficient (Wildman–Crippen LogP) is 2.34. The van der Waals surface area contributed by atoms with E-state index in [-0.39, 0.29) is 18.1 Å². The summed E-state index contributed by atoms with van der Waals surface area (Å²) in [5.41, 5.74) is -2.11. The van der Waals surface area contributed by atoms with Gasteiger partial charge in [0.25, 0.3) is 0 Å². The van der Waals surface area contributed by atoms with E-state index in [1.165, 1.54) is 0 Å². The number of ether oxygens (including phenoxy) is 1. The topological polar surface area (TPSA) is 76.7 Å². The fourth-order valence-corrected chi connectivity index (χ4v) is 1.73. The number of hydrogen-bond acceptors (Lipinski definition) is 5. The van der Waals surface area contributed by atoms with Gasteiger partial charge in [0.2, 0.25) is 5.76 Å².